The first-order valence-corrected chi connectivity index (χ1v) is 10.5. The third-order valence-corrected chi connectivity index (χ3v) is 5.99. The number of halogens is 1. The molecule has 0 bridgehead atoms. The molecule has 0 aliphatic carbocycles. The fraction of sp³-hybridized carbons (Fsp3) is 0.435. The maximum atomic E-state index is 13.4. The van der Waals surface area contributed by atoms with Crippen LogP contribution in [-0.2, 0) is 22.6 Å². The Labute approximate surface area is 177 Å². The van der Waals surface area contributed by atoms with Crippen molar-refractivity contribution in [2.45, 2.75) is 25.6 Å². The first-order valence-electron chi connectivity index (χ1n) is 10.1. The number of nitrogens with zero attached hydrogens (tertiary/aromatic N) is 2. The lowest BCUT2D eigenvalue weighted by Crippen LogP contribution is -2.49. The molecule has 5 nitrogen and oxygen atoms in total. The molecule has 2 aliphatic rings. The Morgan fingerprint density at radius 2 is 1.90 bits per heavy atom. The molecule has 29 heavy (non-hydrogen) atoms. The summed E-state index contributed by atoms with van der Waals surface area (Å²) in [7, 11) is 1.66. The van der Waals surface area contributed by atoms with Gasteiger partial charge in [0.25, 0.3) is 0 Å². The van der Waals surface area contributed by atoms with Crippen LogP contribution in [0.5, 0.6) is 5.75 Å². The van der Waals surface area contributed by atoms with E-state index < -0.39 is 0 Å². The maximum Gasteiger partial charge on any atom is 0.229 e. The highest BCUT2D eigenvalue weighted by molar-refractivity contribution is 6.30. The Balaban J connectivity index is 1.45. The zero-order valence-electron chi connectivity index (χ0n) is 16.7. The molecule has 0 radical (unpaired) electrons. The number of hydrogen-bond acceptors (Lipinski definition) is 4. The number of piperidine rings is 1. The van der Waals surface area contributed by atoms with Crippen LogP contribution in [0.1, 0.15) is 17.5 Å². The van der Waals surface area contributed by atoms with E-state index in [0.29, 0.717) is 26.2 Å². The molecule has 4 rings (SSSR count). The van der Waals surface area contributed by atoms with E-state index in [9.17, 15) is 4.79 Å². The van der Waals surface area contributed by atoms with Gasteiger partial charge in [-0.3, -0.25) is 9.69 Å². The van der Waals surface area contributed by atoms with Crippen molar-refractivity contribution in [2.75, 3.05) is 33.4 Å². The molecule has 2 aliphatic heterocycles. The summed E-state index contributed by atoms with van der Waals surface area (Å²) in [4.78, 5) is 17.6. The molecule has 2 aromatic rings. The van der Waals surface area contributed by atoms with Crippen LogP contribution in [0.3, 0.4) is 0 Å². The number of ether oxygens (including phenoxy) is 2. The molecule has 2 heterocycles. The van der Waals surface area contributed by atoms with Gasteiger partial charge in [-0.15, -0.1) is 0 Å². The van der Waals surface area contributed by atoms with Crippen LogP contribution < -0.4 is 4.74 Å². The van der Waals surface area contributed by atoms with E-state index in [0.717, 1.165) is 35.8 Å². The molecule has 2 saturated heterocycles. The lowest BCUT2D eigenvalue weighted by atomic mass is 9.92. The summed E-state index contributed by atoms with van der Waals surface area (Å²) in [5.74, 6) is 0.867. The SMILES string of the molecule is COc1cccc(CN2CCOC3CCN(Cc4cccc(Cl)c4)CC3C2=O)c1. The zero-order chi connectivity index (χ0) is 20.2. The monoisotopic (exact) mass is 414 g/mol. The van der Waals surface area contributed by atoms with E-state index >= 15 is 0 Å². The largest absolute Gasteiger partial charge is 0.497 e. The summed E-state index contributed by atoms with van der Waals surface area (Å²) in [6, 6.07) is 15.8. The van der Waals surface area contributed by atoms with Gasteiger partial charge in [0, 0.05) is 37.7 Å². The van der Waals surface area contributed by atoms with E-state index in [2.05, 4.69) is 11.0 Å². The molecule has 0 spiro atoms. The van der Waals surface area contributed by atoms with Crippen molar-refractivity contribution in [3.05, 3.63) is 64.7 Å². The van der Waals surface area contributed by atoms with Gasteiger partial charge < -0.3 is 14.4 Å². The number of fused-ring (bicyclic) bond motifs is 1. The van der Waals surface area contributed by atoms with Crippen LogP contribution >= 0.6 is 11.6 Å². The van der Waals surface area contributed by atoms with E-state index in [1.165, 1.54) is 5.56 Å². The predicted molar refractivity (Wildman–Crippen MR) is 113 cm³/mol. The van der Waals surface area contributed by atoms with Crippen molar-refractivity contribution < 1.29 is 14.3 Å². The van der Waals surface area contributed by atoms with Crippen LogP contribution in [0.4, 0.5) is 0 Å². The minimum Gasteiger partial charge on any atom is -0.497 e. The molecule has 0 N–H and O–H groups in total. The zero-order valence-corrected chi connectivity index (χ0v) is 17.5. The fourth-order valence-corrected chi connectivity index (χ4v) is 4.49. The standard InChI is InChI=1S/C23H27ClN2O3/c1-28-20-7-3-5-18(13-20)15-26-10-11-29-22-8-9-25(16-21(22)23(26)27)14-17-4-2-6-19(24)12-17/h2-7,12-13,21-22H,8-11,14-16H2,1H3. The topological polar surface area (TPSA) is 42.0 Å². The van der Waals surface area contributed by atoms with Crippen molar-refractivity contribution in [1.29, 1.82) is 0 Å². The second-order valence-corrected chi connectivity index (χ2v) is 8.22. The number of hydrogen-bond donors (Lipinski definition) is 0. The molecule has 154 valence electrons. The predicted octanol–water partition coefficient (Wildman–Crippen LogP) is 3.60. The van der Waals surface area contributed by atoms with E-state index in [1.807, 2.05) is 47.4 Å². The van der Waals surface area contributed by atoms with Gasteiger partial charge in [-0.1, -0.05) is 35.9 Å². The van der Waals surface area contributed by atoms with Gasteiger partial charge >= 0.3 is 0 Å². The molecule has 0 saturated carbocycles. The van der Waals surface area contributed by atoms with Gasteiger partial charge in [-0.2, -0.15) is 0 Å². The van der Waals surface area contributed by atoms with Crippen LogP contribution in [0.15, 0.2) is 48.5 Å². The van der Waals surface area contributed by atoms with Gasteiger partial charge in [0.1, 0.15) is 5.75 Å². The second kappa shape index (κ2) is 9.16. The summed E-state index contributed by atoms with van der Waals surface area (Å²) in [6.07, 6.45) is 0.887. The van der Waals surface area contributed by atoms with Gasteiger partial charge in [-0.25, -0.2) is 0 Å². The smallest absolute Gasteiger partial charge is 0.229 e. The first kappa shape index (κ1) is 20.2. The van der Waals surface area contributed by atoms with Crippen molar-refractivity contribution in [2.24, 2.45) is 5.92 Å². The first-order chi connectivity index (χ1) is 14.1. The number of carbonyl (C=O) groups is 1. The number of rotatable bonds is 5. The summed E-state index contributed by atoms with van der Waals surface area (Å²) in [5, 5.41) is 0.746. The van der Waals surface area contributed by atoms with Gasteiger partial charge in [-0.05, 0) is 41.8 Å². The summed E-state index contributed by atoms with van der Waals surface area (Å²) in [6.45, 7) is 4.23. The van der Waals surface area contributed by atoms with Gasteiger partial charge in [0.15, 0.2) is 0 Å². The van der Waals surface area contributed by atoms with Crippen LogP contribution in [0, 0.1) is 5.92 Å². The number of likely N-dealkylation sites (tertiary alicyclic amines) is 1. The Bertz CT molecular complexity index is 860. The Hall–Kier alpha value is -2.08. The van der Waals surface area contributed by atoms with Crippen molar-refractivity contribution in [3.63, 3.8) is 0 Å². The summed E-state index contributed by atoms with van der Waals surface area (Å²) >= 11 is 6.13. The molecule has 6 heteroatoms. The molecule has 1 amide bonds. The number of methoxy groups -OCH3 is 1. The molecule has 0 aromatic heterocycles. The van der Waals surface area contributed by atoms with Gasteiger partial charge in [0.05, 0.1) is 25.7 Å². The Morgan fingerprint density at radius 1 is 1.10 bits per heavy atom. The minimum absolute atomic E-state index is 0.00780. The molecule has 2 fully saturated rings. The average molecular weight is 415 g/mol. The molecule has 2 aromatic carbocycles. The average Bonchev–Trinajstić information content (AvgIpc) is 2.87. The third kappa shape index (κ3) is 4.92. The minimum atomic E-state index is -0.129. The number of benzene rings is 2. The number of amides is 1. The molecular formula is C23H27ClN2O3. The van der Waals surface area contributed by atoms with Crippen molar-refractivity contribution in [1.82, 2.24) is 9.80 Å². The fourth-order valence-electron chi connectivity index (χ4n) is 4.28. The van der Waals surface area contributed by atoms with E-state index in [1.54, 1.807) is 7.11 Å². The Kier molecular flexibility index (Phi) is 6.38. The van der Waals surface area contributed by atoms with Crippen LogP contribution in [-0.4, -0.2) is 55.2 Å². The second-order valence-electron chi connectivity index (χ2n) is 7.78. The van der Waals surface area contributed by atoms with E-state index in [4.69, 9.17) is 21.1 Å². The lowest BCUT2D eigenvalue weighted by molar-refractivity contribution is -0.140. The third-order valence-electron chi connectivity index (χ3n) is 5.76. The molecular weight excluding hydrogens is 388 g/mol. The van der Waals surface area contributed by atoms with Gasteiger partial charge in [0.2, 0.25) is 5.91 Å². The summed E-state index contributed by atoms with van der Waals surface area (Å²) in [5.41, 5.74) is 2.24. The Morgan fingerprint density at radius 3 is 2.69 bits per heavy atom. The van der Waals surface area contributed by atoms with Crippen LogP contribution in [0.2, 0.25) is 5.02 Å². The van der Waals surface area contributed by atoms with E-state index in [-0.39, 0.29) is 17.9 Å². The normalized spacial score (nSPS) is 22.8. The lowest BCUT2D eigenvalue weighted by Gasteiger charge is -2.37. The molecule has 2 unspecified atom stereocenters. The highest BCUT2D eigenvalue weighted by Crippen LogP contribution is 2.27. The number of carbonyl (C=O) groups excluding carboxylic acids is 1. The van der Waals surface area contributed by atoms with Crippen molar-refractivity contribution in [3.8, 4) is 5.75 Å². The highest BCUT2D eigenvalue weighted by Gasteiger charge is 2.39. The van der Waals surface area contributed by atoms with Crippen LogP contribution in [0.25, 0.3) is 0 Å². The maximum absolute atomic E-state index is 13.4. The summed E-state index contributed by atoms with van der Waals surface area (Å²) < 4.78 is 11.4. The molecule has 2 atom stereocenters. The van der Waals surface area contributed by atoms with Crippen molar-refractivity contribution >= 4 is 17.5 Å². The quantitative estimate of drug-likeness (QED) is 0.749. The highest BCUT2D eigenvalue weighted by atomic mass is 35.5.